The second-order valence-electron chi connectivity index (χ2n) is 5.20. The predicted molar refractivity (Wildman–Crippen MR) is 83.9 cm³/mol. The molecule has 1 atom stereocenters. The van der Waals surface area contributed by atoms with Crippen LogP contribution in [0.3, 0.4) is 0 Å². The number of ether oxygens (including phenoxy) is 1. The molecule has 0 fully saturated rings. The van der Waals surface area contributed by atoms with Gasteiger partial charge in [0.15, 0.2) is 0 Å². The highest BCUT2D eigenvalue weighted by Crippen LogP contribution is 2.04. The van der Waals surface area contributed by atoms with E-state index in [1.54, 1.807) is 7.11 Å². The molecule has 0 aliphatic carbocycles. The lowest BCUT2D eigenvalue weighted by atomic mass is 10.2. The molecule has 0 saturated carbocycles. The lowest BCUT2D eigenvalue weighted by Crippen LogP contribution is -2.44. The molecular formula is C16H29N3O. The fourth-order valence-corrected chi connectivity index (χ4v) is 2.26. The van der Waals surface area contributed by atoms with E-state index < -0.39 is 0 Å². The molecule has 0 aliphatic rings. The van der Waals surface area contributed by atoms with Gasteiger partial charge in [0.05, 0.1) is 12.3 Å². The predicted octanol–water partition coefficient (Wildman–Crippen LogP) is 2.23. The van der Waals surface area contributed by atoms with Gasteiger partial charge in [0.1, 0.15) is 0 Å². The maximum absolute atomic E-state index is 5.31. The van der Waals surface area contributed by atoms with Gasteiger partial charge in [0.25, 0.3) is 0 Å². The maximum atomic E-state index is 5.31. The standard InChI is InChI=1S/C16H29N3O/c1-5-10-17-16(13-20-4)12-19(6-2)11-15-9-7-8-14(3)18-15/h7-9,16-17H,5-6,10-13H2,1-4H3. The van der Waals surface area contributed by atoms with Gasteiger partial charge in [-0.05, 0) is 38.6 Å². The largest absolute Gasteiger partial charge is 0.383 e. The number of hydrogen-bond donors (Lipinski definition) is 1. The van der Waals surface area contributed by atoms with E-state index in [1.807, 2.05) is 13.0 Å². The third-order valence-corrected chi connectivity index (χ3v) is 3.31. The Kier molecular flexibility index (Phi) is 8.42. The van der Waals surface area contributed by atoms with Crippen molar-refractivity contribution in [2.75, 3.05) is 33.4 Å². The fraction of sp³-hybridized carbons (Fsp3) is 0.688. The number of methoxy groups -OCH3 is 1. The Bertz CT molecular complexity index is 370. The van der Waals surface area contributed by atoms with E-state index in [4.69, 9.17) is 4.74 Å². The van der Waals surface area contributed by atoms with Crippen LogP contribution in [-0.2, 0) is 11.3 Å². The minimum absolute atomic E-state index is 0.379. The van der Waals surface area contributed by atoms with Crippen molar-refractivity contribution in [3.8, 4) is 0 Å². The van der Waals surface area contributed by atoms with Crippen molar-refractivity contribution in [2.24, 2.45) is 0 Å². The monoisotopic (exact) mass is 279 g/mol. The smallest absolute Gasteiger partial charge is 0.0628 e. The van der Waals surface area contributed by atoms with E-state index in [9.17, 15) is 0 Å². The van der Waals surface area contributed by atoms with Crippen molar-refractivity contribution < 1.29 is 4.74 Å². The first-order chi connectivity index (χ1) is 9.69. The summed E-state index contributed by atoms with van der Waals surface area (Å²) >= 11 is 0. The summed E-state index contributed by atoms with van der Waals surface area (Å²) in [5.41, 5.74) is 2.22. The van der Waals surface area contributed by atoms with Crippen LogP contribution in [-0.4, -0.2) is 49.3 Å². The van der Waals surface area contributed by atoms with Gasteiger partial charge in [-0.15, -0.1) is 0 Å². The Hall–Kier alpha value is -0.970. The Morgan fingerprint density at radius 2 is 2.15 bits per heavy atom. The van der Waals surface area contributed by atoms with E-state index in [0.717, 1.165) is 50.6 Å². The molecule has 4 nitrogen and oxygen atoms in total. The summed E-state index contributed by atoms with van der Waals surface area (Å²) < 4.78 is 5.31. The maximum Gasteiger partial charge on any atom is 0.0628 e. The second-order valence-corrected chi connectivity index (χ2v) is 5.20. The average Bonchev–Trinajstić information content (AvgIpc) is 2.44. The van der Waals surface area contributed by atoms with Gasteiger partial charge in [0, 0.05) is 31.9 Å². The Morgan fingerprint density at radius 3 is 2.75 bits per heavy atom. The number of pyridine rings is 1. The van der Waals surface area contributed by atoms with E-state index in [-0.39, 0.29) is 0 Å². The van der Waals surface area contributed by atoms with Crippen LogP contribution in [0.5, 0.6) is 0 Å². The van der Waals surface area contributed by atoms with E-state index in [0.29, 0.717) is 6.04 Å². The van der Waals surface area contributed by atoms with Crippen LogP contribution in [0.2, 0.25) is 0 Å². The molecule has 0 bridgehead atoms. The molecule has 1 aromatic heterocycles. The summed E-state index contributed by atoms with van der Waals surface area (Å²) in [5, 5.41) is 3.55. The summed E-state index contributed by atoms with van der Waals surface area (Å²) in [6, 6.07) is 6.59. The van der Waals surface area contributed by atoms with Gasteiger partial charge in [-0.1, -0.05) is 19.9 Å². The van der Waals surface area contributed by atoms with Gasteiger partial charge in [-0.3, -0.25) is 9.88 Å². The number of aromatic nitrogens is 1. The zero-order valence-electron chi connectivity index (χ0n) is 13.4. The van der Waals surface area contributed by atoms with Crippen LogP contribution in [0.25, 0.3) is 0 Å². The number of rotatable bonds is 10. The SMILES string of the molecule is CCCNC(COC)CN(CC)Cc1cccc(C)n1. The highest BCUT2D eigenvalue weighted by atomic mass is 16.5. The van der Waals surface area contributed by atoms with Crippen molar-refractivity contribution >= 4 is 0 Å². The van der Waals surface area contributed by atoms with Crippen LogP contribution in [0.15, 0.2) is 18.2 Å². The van der Waals surface area contributed by atoms with Gasteiger partial charge in [-0.2, -0.15) is 0 Å². The highest BCUT2D eigenvalue weighted by Gasteiger charge is 2.13. The van der Waals surface area contributed by atoms with Crippen LogP contribution in [0.1, 0.15) is 31.7 Å². The van der Waals surface area contributed by atoms with Gasteiger partial charge in [-0.25, -0.2) is 0 Å². The molecule has 1 heterocycles. The molecule has 1 unspecified atom stereocenters. The second kappa shape index (κ2) is 9.86. The lowest BCUT2D eigenvalue weighted by Gasteiger charge is -2.26. The number of aryl methyl sites for hydroxylation is 1. The molecule has 0 spiro atoms. The summed E-state index contributed by atoms with van der Waals surface area (Å²) in [6.45, 7) is 11.1. The molecule has 0 aliphatic heterocycles. The summed E-state index contributed by atoms with van der Waals surface area (Å²) in [6.07, 6.45) is 1.14. The summed E-state index contributed by atoms with van der Waals surface area (Å²) in [5.74, 6) is 0. The topological polar surface area (TPSA) is 37.4 Å². The van der Waals surface area contributed by atoms with Gasteiger partial charge >= 0.3 is 0 Å². The molecule has 20 heavy (non-hydrogen) atoms. The third-order valence-electron chi connectivity index (χ3n) is 3.31. The first-order valence-corrected chi connectivity index (χ1v) is 7.56. The van der Waals surface area contributed by atoms with E-state index in [2.05, 4.69) is 41.2 Å². The lowest BCUT2D eigenvalue weighted by molar-refractivity contribution is 0.137. The first-order valence-electron chi connectivity index (χ1n) is 7.56. The summed E-state index contributed by atoms with van der Waals surface area (Å²) in [4.78, 5) is 6.99. The number of likely N-dealkylation sites (N-methyl/N-ethyl adjacent to an activating group) is 1. The molecule has 1 rings (SSSR count). The van der Waals surface area contributed by atoms with Crippen LogP contribution >= 0.6 is 0 Å². The molecule has 0 radical (unpaired) electrons. The molecule has 0 saturated heterocycles. The average molecular weight is 279 g/mol. The van der Waals surface area contributed by atoms with Gasteiger partial charge < -0.3 is 10.1 Å². The van der Waals surface area contributed by atoms with E-state index in [1.165, 1.54) is 0 Å². The van der Waals surface area contributed by atoms with Crippen molar-refractivity contribution in [2.45, 2.75) is 39.8 Å². The molecule has 0 aromatic carbocycles. The zero-order chi connectivity index (χ0) is 14.8. The van der Waals surface area contributed by atoms with Gasteiger partial charge in [0.2, 0.25) is 0 Å². The highest BCUT2D eigenvalue weighted by molar-refractivity contribution is 5.09. The van der Waals surface area contributed by atoms with Crippen LogP contribution < -0.4 is 5.32 Å². The Balaban J connectivity index is 2.55. The Morgan fingerprint density at radius 1 is 1.35 bits per heavy atom. The van der Waals surface area contributed by atoms with Crippen molar-refractivity contribution in [1.82, 2.24) is 15.2 Å². The van der Waals surface area contributed by atoms with E-state index >= 15 is 0 Å². The van der Waals surface area contributed by atoms with Crippen LogP contribution in [0.4, 0.5) is 0 Å². The molecule has 114 valence electrons. The molecular weight excluding hydrogens is 250 g/mol. The van der Waals surface area contributed by atoms with Crippen molar-refractivity contribution in [3.05, 3.63) is 29.6 Å². The molecule has 4 heteroatoms. The van der Waals surface area contributed by atoms with Crippen molar-refractivity contribution in [3.63, 3.8) is 0 Å². The minimum Gasteiger partial charge on any atom is -0.383 e. The molecule has 1 N–H and O–H groups in total. The first kappa shape index (κ1) is 17.1. The quantitative estimate of drug-likeness (QED) is 0.712. The number of nitrogens with one attached hydrogen (secondary N) is 1. The summed E-state index contributed by atoms with van der Waals surface area (Å²) in [7, 11) is 1.76. The van der Waals surface area contributed by atoms with Crippen molar-refractivity contribution in [1.29, 1.82) is 0 Å². The minimum atomic E-state index is 0.379. The van der Waals surface area contributed by atoms with Crippen LogP contribution in [0, 0.1) is 6.92 Å². The Labute approximate surface area is 123 Å². The molecule has 1 aromatic rings. The fourth-order valence-electron chi connectivity index (χ4n) is 2.26. The normalized spacial score (nSPS) is 12.8. The zero-order valence-corrected chi connectivity index (χ0v) is 13.4. The molecule has 0 amide bonds. The number of hydrogen-bond acceptors (Lipinski definition) is 4. The number of nitrogens with zero attached hydrogens (tertiary/aromatic N) is 2. The third kappa shape index (κ3) is 6.46.